The molecule has 0 saturated heterocycles. The lowest BCUT2D eigenvalue weighted by Gasteiger charge is -2.30. The third-order valence-electron chi connectivity index (χ3n) is 5.65. The minimum Gasteiger partial charge on any atom is -0.361 e. The Morgan fingerprint density at radius 2 is 1.52 bits per heavy atom. The van der Waals surface area contributed by atoms with Crippen molar-refractivity contribution in [2.45, 2.75) is 39.0 Å². The van der Waals surface area contributed by atoms with Gasteiger partial charge in [-0.15, -0.1) is 0 Å². The first-order chi connectivity index (χ1) is 15.0. The highest BCUT2D eigenvalue weighted by Gasteiger charge is 2.37. The normalized spacial score (nSPS) is 16.2. The van der Waals surface area contributed by atoms with Gasteiger partial charge in [0.2, 0.25) is 0 Å². The highest BCUT2D eigenvalue weighted by molar-refractivity contribution is 5.99. The minimum absolute atomic E-state index is 0.0361. The molecule has 2 unspecified atom stereocenters. The molecule has 5 heteroatoms. The van der Waals surface area contributed by atoms with Crippen LogP contribution in [0, 0.1) is 0 Å². The molecule has 0 radical (unpaired) electrons. The molecule has 1 aliphatic rings. The summed E-state index contributed by atoms with van der Waals surface area (Å²) in [6.07, 6.45) is -0.235. The van der Waals surface area contributed by atoms with Gasteiger partial charge in [-0.2, -0.15) is 0 Å². The van der Waals surface area contributed by atoms with E-state index in [9.17, 15) is 9.59 Å². The molecule has 3 aromatic carbocycles. The van der Waals surface area contributed by atoms with Gasteiger partial charge in [0.05, 0.1) is 6.04 Å². The highest BCUT2D eigenvalue weighted by atomic mass is 16.2. The summed E-state index contributed by atoms with van der Waals surface area (Å²) in [5, 5.41) is 6.50. The zero-order valence-electron chi connectivity index (χ0n) is 18.0. The van der Waals surface area contributed by atoms with E-state index in [4.69, 9.17) is 0 Å². The Balaban J connectivity index is 1.48. The summed E-state index contributed by atoms with van der Waals surface area (Å²) >= 11 is 0. The molecule has 2 atom stereocenters. The number of hydrogen-bond acceptors (Lipinski definition) is 3. The number of rotatable bonds is 6. The summed E-state index contributed by atoms with van der Waals surface area (Å²) in [6, 6.07) is 24.9. The van der Waals surface area contributed by atoms with Gasteiger partial charge in [-0.3, -0.25) is 9.59 Å². The van der Waals surface area contributed by atoms with E-state index in [-0.39, 0.29) is 30.1 Å². The third-order valence-corrected chi connectivity index (χ3v) is 5.65. The van der Waals surface area contributed by atoms with E-state index in [0.717, 1.165) is 22.4 Å². The standard InChI is InChI=1S/C26H27N3O2/c1-17(2)29-24(22-11-7-8-12-23(22)26(29)31)28-21-15-13-20(14-16-21)25(30)27-18(3)19-9-5-4-6-10-19/h4-18,24,28H,1-3H3,(H,27,30). The summed E-state index contributed by atoms with van der Waals surface area (Å²) in [4.78, 5) is 27.3. The van der Waals surface area contributed by atoms with Crippen molar-refractivity contribution in [3.63, 3.8) is 0 Å². The van der Waals surface area contributed by atoms with Gasteiger partial charge in [-0.25, -0.2) is 0 Å². The monoisotopic (exact) mass is 413 g/mol. The maximum Gasteiger partial charge on any atom is 0.256 e. The summed E-state index contributed by atoms with van der Waals surface area (Å²) in [7, 11) is 0. The summed E-state index contributed by atoms with van der Waals surface area (Å²) < 4.78 is 0. The van der Waals surface area contributed by atoms with Gasteiger partial charge in [-0.05, 0) is 56.7 Å². The number of fused-ring (bicyclic) bond motifs is 1. The van der Waals surface area contributed by atoms with Crippen LogP contribution in [0.3, 0.4) is 0 Å². The molecule has 1 heterocycles. The van der Waals surface area contributed by atoms with Gasteiger partial charge in [0.15, 0.2) is 0 Å². The molecule has 0 spiro atoms. The number of amides is 2. The quantitative estimate of drug-likeness (QED) is 0.587. The molecule has 0 aromatic heterocycles. The predicted molar refractivity (Wildman–Crippen MR) is 123 cm³/mol. The first-order valence-electron chi connectivity index (χ1n) is 10.6. The SMILES string of the molecule is CC(NC(=O)c1ccc(NC2c3ccccc3C(=O)N2C(C)C)cc1)c1ccccc1. The van der Waals surface area contributed by atoms with E-state index in [2.05, 4.69) is 10.6 Å². The number of carbonyl (C=O) groups is 2. The Morgan fingerprint density at radius 1 is 0.871 bits per heavy atom. The van der Waals surface area contributed by atoms with Gasteiger partial charge >= 0.3 is 0 Å². The van der Waals surface area contributed by atoms with E-state index < -0.39 is 0 Å². The van der Waals surface area contributed by atoms with Crippen LogP contribution in [0.4, 0.5) is 5.69 Å². The van der Waals surface area contributed by atoms with Crippen molar-refractivity contribution in [2.75, 3.05) is 5.32 Å². The maximum absolute atomic E-state index is 12.8. The summed E-state index contributed by atoms with van der Waals surface area (Å²) in [5.41, 5.74) is 4.22. The average molecular weight is 414 g/mol. The molecular weight excluding hydrogens is 386 g/mol. The number of nitrogens with one attached hydrogen (secondary N) is 2. The molecule has 2 amide bonds. The number of nitrogens with zero attached hydrogens (tertiary/aromatic N) is 1. The molecule has 31 heavy (non-hydrogen) atoms. The molecule has 5 nitrogen and oxygen atoms in total. The van der Waals surface area contributed by atoms with Gasteiger partial charge in [0, 0.05) is 28.4 Å². The Bertz CT molecular complexity index is 1080. The highest BCUT2D eigenvalue weighted by Crippen LogP contribution is 2.35. The molecule has 0 bridgehead atoms. The molecule has 158 valence electrons. The van der Waals surface area contributed by atoms with Crippen molar-refractivity contribution in [3.8, 4) is 0 Å². The van der Waals surface area contributed by atoms with E-state index in [0.29, 0.717) is 5.56 Å². The lowest BCUT2D eigenvalue weighted by Crippen LogP contribution is -2.37. The Labute approximate surface area is 183 Å². The molecule has 2 N–H and O–H groups in total. The van der Waals surface area contributed by atoms with E-state index in [1.165, 1.54) is 0 Å². The number of hydrogen-bond donors (Lipinski definition) is 2. The fraction of sp³-hybridized carbons (Fsp3) is 0.231. The van der Waals surface area contributed by atoms with Crippen molar-refractivity contribution in [1.29, 1.82) is 0 Å². The Hall–Kier alpha value is -3.60. The van der Waals surface area contributed by atoms with Crippen molar-refractivity contribution >= 4 is 17.5 Å². The number of carbonyl (C=O) groups excluding carboxylic acids is 2. The first-order valence-corrected chi connectivity index (χ1v) is 10.6. The molecular formula is C26H27N3O2. The van der Waals surface area contributed by atoms with Gasteiger partial charge in [0.1, 0.15) is 6.17 Å². The number of anilines is 1. The summed E-state index contributed by atoms with van der Waals surface area (Å²) in [6.45, 7) is 6.00. The van der Waals surface area contributed by atoms with Crippen LogP contribution in [0.5, 0.6) is 0 Å². The Kier molecular flexibility index (Phi) is 5.76. The fourth-order valence-corrected chi connectivity index (χ4v) is 4.00. The number of benzene rings is 3. The van der Waals surface area contributed by atoms with Crippen molar-refractivity contribution in [3.05, 3.63) is 101 Å². The van der Waals surface area contributed by atoms with E-state index in [1.807, 2.05) is 92.4 Å². The van der Waals surface area contributed by atoms with Crippen LogP contribution >= 0.6 is 0 Å². The Morgan fingerprint density at radius 3 is 2.19 bits per heavy atom. The minimum atomic E-state index is -0.235. The lowest BCUT2D eigenvalue weighted by atomic mass is 10.1. The van der Waals surface area contributed by atoms with Crippen LogP contribution in [-0.4, -0.2) is 22.8 Å². The second-order valence-electron chi connectivity index (χ2n) is 8.12. The molecule has 1 aliphatic heterocycles. The zero-order valence-corrected chi connectivity index (χ0v) is 18.0. The molecule has 3 aromatic rings. The van der Waals surface area contributed by atoms with Crippen LogP contribution in [0.25, 0.3) is 0 Å². The fourth-order valence-electron chi connectivity index (χ4n) is 4.00. The molecule has 0 saturated carbocycles. The molecule has 0 fully saturated rings. The second kappa shape index (κ2) is 8.64. The molecule has 0 aliphatic carbocycles. The van der Waals surface area contributed by atoms with Crippen LogP contribution in [0.2, 0.25) is 0 Å². The second-order valence-corrected chi connectivity index (χ2v) is 8.12. The first kappa shape index (κ1) is 20.7. The van der Waals surface area contributed by atoms with Crippen molar-refractivity contribution in [2.24, 2.45) is 0 Å². The van der Waals surface area contributed by atoms with Crippen LogP contribution < -0.4 is 10.6 Å². The van der Waals surface area contributed by atoms with Gasteiger partial charge < -0.3 is 15.5 Å². The zero-order chi connectivity index (χ0) is 22.0. The van der Waals surface area contributed by atoms with Gasteiger partial charge in [0.25, 0.3) is 11.8 Å². The maximum atomic E-state index is 12.8. The van der Waals surface area contributed by atoms with Crippen LogP contribution in [0.15, 0.2) is 78.9 Å². The smallest absolute Gasteiger partial charge is 0.256 e. The average Bonchev–Trinajstić information content (AvgIpc) is 3.06. The summed E-state index contributed by atoms with van der Waals surface area (Å²) in [5.74, 6) is -0.0814. The lowest BCUT2D eigenvalue weighted by molar-refractivity contribution is 0.0685. The van der Waals surface area contributed by atoms with Crippen molar-refractivity contribution in [1.82, 2.24) is 10.2 Å². The largest absolute Gasteiger partial charge is 0.361 e. The van der Waals surface area contributed by atoms with Crippen LogP contribution in [0.1, 0.15) is 64.8 Å². The van der Waals surface area contributed by atoms with E-state index in [1.54, 1.807) is 12.1 Å². The topological polar surface area (TPSA) is 61.4 Å². The molecule has 4 rings (SSSR count). The predicted octanol–water partition coefficient (Wildman–Crippen LogP) is 5.15. The van der Waals surface area contributed by atoms with E-state index >= 15 is 0 Å². The van der Waals surface area contributed by atoms with Gasteiger partial charge in [-0.1, -0.05) is 48.5 Å². The van der Waals surface area contributed by atoms with Crippen LogP contribution in [-0.2, 0) is 0 Å². The van der Waals surface area contributed by atoms with Crippen molar-refractivity contribution < 1.29 is 9.59 Å². The third kappa shape index (κ3) is 4.17.